The molecule has 0 unspecified atom stereocenters. The Kier molecular flexibility index (Phi) is 4.17. The maximum Gasteiger partial charge on any atom is 0.227 e. The van der Waals surface area contributed by atoms with Gasteiger partial charge >= 0.3 is 0 Å². The van der Waals surface area contributed by atoms with Crippen molar-refractivity contribution in [3.63, 3.8) is 0 Å². The molecule has 0 atom stereocenters. The van der Waals surface area contributed by atoms with Gasteiger partial charge in [0.1, 0.15) is 11.6 Å². The molecular weight excluding hydrogens is 341 g/mol. The van der Waals surface area contributed by atoms with Crippen LogP contribution in [0.2, 0.25) is 5.02 Å². The number of nitrogens with zero attached hydrogens (tertiary/aromatic N) is 2. The van der Waals surface area contributed by atoms with E-state index in [9.17, 15) is 9.50 Å². The number of benzene rings is 2. The van der Waals surface area contributed by atoms with Gasteiger partial charge in [-0.3, -0.25) is 0 Å². The van der Waals surface area contributed by atoms with Gasteiger partial charge in [0.2, 0.25) is 5.95 Å². The molecule has 1 aliphatic carbocycles. The Labute approximate surface area is 149 Å². The summed E-state index contributed by atoms with van der Waals surface area (Å²) in [7, 11) is 0. The lowest BCUT2D eigenvalue weighted by Crippen LogP contribution is -2.01. The molecule has 1 aromatic heterocycles. The molecule has 6 heteroatoms. The van der Waals surface area contributed by atoms with Crippen LogP contribution in [0.5, 0.6) is 5.75 Å². The topological polar surface area (TPSA) is 58.0 Å². The summed E-state index contributed by atoms with van der Waals surface area (Å²) in [5.41, 5.74) is 2.27. The lowest BCUT2D eigenvalue weighted by molar-refractivity contribution is 0.462. The molecule has 25 heavy (non-hydrogen) atoms. The fourth-order valence-corrected chi connectivity index (χ4v) is 3.67. The number of phenols is 1. The summed E-state index contributed by atoms with van der Waals surface area (Å²) in [6.45, 7) is 0. The molecule has 0 radical (unpaired) electrons. The highest BCUT2D eigenvalue weighted by molar-refractivity contribution is 6.31. The van der Waals surface area contributed by atoms with E-state index >= 15 is 0 Å². The van der Waals surface area contributed by atoms with Crippen LogP contribution >= 0.6 is 11.6 Å². The van der Waals surface area contributed by atoms with Gasteiger partial charge in [0, 0.05) is 22.8 Å². The van der Waals surface area contributed by atoms with Gasteiger partial charge in [0.15, 0.2) is 0 Å². The van der Waals surface area contributed by atoms with Crippen molar-refractivity contribution < 1.29 is 9.50 Å². The number of anilines is 2. The molecule has 2 aromatic carbocycles. The SMILES string of the molecule is Oc1ccc2cnc(Nc3ccc(F)c(Cl)c3)nc2c1C1CCCC1. The van der Waals surface area contributed by atoms with Crippen molar-refractivity contribution >= 4 is 34.1 Å². The third kappa shape index (κ3) is 3.12. The van der Waals surface area contributed by atoms with Crippen molar-refractivity contribution in [3.8, 4) is 5.75 Å². The number of fused-ring (bicyclic) bond motifs is 1. The van der Waals surface area contributed by atoms with E-state index in [-0.39, 0.29) is 10.8 Å². The minimum Gasteiger partial charge on any atom is -0.508 e. The Balaban J connectivity index is 1.75. The number of rotatable bonds is 3. The molecule has 0 aliphatic heterocycles. The molecule has 2 N–H and O–H groups in total. The minimum atomic E-state index is -0.472. The number of aromatic nitrogens is 2. The van der Waals surface area contributed by atoms with Gasteiger partial charge in [-0.05, 0) is 49.1 Å². The largest absolute Gasteiger partial charge is 0.508 e. The highest BCUT2D eigenvalue weighted by Gasteiger charge is 2.23. The van der Waals surface area contributed by atoms with Crippen molar-refractivity contribution in [2.45, 2.75) is 31.6 Å². The van der Waals surface area contributed by atoms with Crippen LogP contribution in [0.25, 0.3) is 10.9 Å². The van der Waals surface area contributed by atoms with Crippen molar-refractivity contribution in [3.05, 3.63) is 52.9 Å². The maximum atomic E-state index is 13.3. The van der Waals surface area contributed by atoms with Gasteiger partial charge < -0.3 is 10.4 Å². The second-order valence-electron chi connectivity index (χ2n) is 6.37. The lowest BCUT2D eigenvalue weighted by atomic mass is 9.94. The fourth-order valence-electron chi connectivity index (χ4n) is 3.49. The standard InChI is InChI=1S/C19H17ClFN3O/c20-14-9-13(6-7-15(14)21)23-19-22-10-12-5-8-16(25)17(18(12)24-19)11-3-1-2-4-11/h5-11,25H,1-4H2,(H,22,23,24). The van der Waals surface area contributed by atoms with Gasteiger partial charge in [-0.15, -0.1) is 0 Å². The highest BCUT2D eigenvalue weighted by atomic mass is 35.5. The Morgan fingerprint density at radius 3 is 2.72 bits per heavy atom. The summed E-state index contributed by atoms with van der Waals surface area (Å²) in [6, 6.07) is 7.90. The Bertz CT molecular complexity index is 941. The third-order valence-corrected chi connectivity index (χ3v) is 5.00. The van der Waals surface area contributed by atoms with Gasteiger partial charge in [0.05, 0.1) is 10.5 Å². The van der Waals surface area contributed by atoms with Gasteiger partial charge in [-0.1, -0.05) is 24.4 Å². The zero-order valence-electron chi connectivity index (χ0n) is 13.5. The van der Waals surface area contributed by atoms with Crippen LogP contribution in [-0.2, 0) is 0 Å². The van der Waals surface area contributed by atoms with Crippen molar-refractivity contribution in [2.75, 3.05) is 5.32 Å². The molecule has 0 spiro atoms. The van der Waals surface area contributed by atoms with Crippen LogP contribution in [0.1, 0.15) is 37.2 Å². The first-order valence-electron chi connectivity index (χ1n) is 8.32. The van der Waals surface area contributed by atoms with Gasteiger partial charge in [-0.25, -0.2) is 14.4 Å². The van der Waals surface area contributed by atoms with Gasteiger partial charge in [-0.2, -0.15) is 0 Å². The number of halogens is 2. The van der Waals surface area contributed by atoms with E-state index in [2.05, 4.69) is 15.3 Å². The molecule has 128 valence electrons. The van der Waals surface area contributed by atoms with E-state index in [1.54, 1.807) is 18.3 Å². The molecule has 0 saturated heterocycles. The average Bonchev–Trinajstić information content (AvgIpc) is 3.12. The molecule has 0 amide bonds. The van der Waals surface area contributed by atoms with Crippen LogP contribution in [0.3, 0.4) is 0 Å². The third-order valence-electron chi connectivity index (χ3n) is 4.71. The fraction of sp³-hybridized carbons (Fsp3) is 0.263. The summed E-state index contributed by atoms with van der Waals surface area (Å²) in [6.07, 6.45) is 6.20. The predicted octanol–water partition coefficient (Wildman–Crippen LogP) is 5.53. The molecule has 1 fully saturated rings. The van der Waals surface area contributed by atoms with E-state index in [0.717, 1.165) is 29.3 Å². The van der Waals surface area contributed by atoms with Crippen LogP contribution in [-0.4, -0.2) is 15.1 Å². The summed E-state index contributed by atoms with van der Waals surface area (Å²) in [5.74, 6) is 0.528. The minimum absolute atomic E-state index is 0.0371. The van der Waals surface area contributed by atoms with Gasteiger partial charge in [0.25, 0.3) is 0 Å². The average molecular weight is 358 g/mol. The molecule has 3 aromatic rings. The molecule has 0 bridgehead atoms. The number of phenolic OH excluding ortho intramolecular Hbond substituents is 1. The summed E-state index contributed by atoms with van der Waals surface area (Å²) >= 11 is 5.82. The zero-order valence-corrected chi connectivity index (χ0v) is 14.2. The van der Waals surface area contributed by atoms with E-state index < -0.39 is 5.82 Å². The first kappa shape index (κ1) is 16.1. The zero-order chi connectivity index (χ0) is 17.4. The van der Waals surface area contributed by atoms with Crippen molar-refractivity contribution in [1.82, 2.24) is 9.97 Å². The summed E-state index contributed by atoms with van der Waals surface area (Å²) < 4.78 is 13.3. The molecular formula is C19H17ClFN3O. The smallest absolute Gasteiger partial charge is 0.227 e. The molecule has 1 aliphatic rings. The number of aromatic hydroxyl groups is 1. The highest BCUT2D eigenvalue weighted by Crippen LogP contribution is 2.41. The molecule has 4 nitrogen and oxygen atoms in total. The predicted molar refractivity (Wildman–Crippen MR) is 97.1 cm³/mol. The number of hydrogen-bond donors (Lipinski definition) is 2. The molecule has 1 heterocycles. The van der Waals surface area contributed by atoms with E-state index in [1.807, 2.05) is 6.07 Å². The van der Waals surface area contributed by atoms with Crippen LogP contribution in [0.15, 0.2) is 36.5 Å². The van der Waals surface area contributed by atoms with Crippen LogP contribution in [0, 0.1) is 5.82 Å². The van der Waals surface area contributed by atoms with E-state index in [0.29, 0.717) is 17.6 Å². The molecule has 4 rings (SSSR count). The quantitative estimate of drug-likeness (QED) is 0.647. The number of hydrogen-bond acceptors (Lipinski definition) is 4. The molecule has 1 saturated carbocycles. The summed E-state index contributed by atoms with van der Waals surface area (Å²) in [4.78, 5) is 8.92. The second kappa shape index (κ2) is 6.48. The van der Waals surface area contributed by atoms with Crippen LogP contribution in [0.4, 0.5) is 16.0 Å². The Hall–Kier alpha value is -2.40. The van der Waals surface area contributed by atoms with Crippen molar-refractivity contribution in [1.29, 1.82) is 0 Å². The van der Waals surface area contributed by atoms with E-state index in [1.165, 1.54) is 25.0 Å². The normalized spacial score (nSPS) is 15.0. The Morgan fingerprint density at radius 1 is 1.16 bits per heavy atom. The Morgan fingerprint density at radius 2 is 1.96 bits per heavy atom. The second-order valence-corrected chi connectivity index (χ2v) is 6.77. The van der Waals surface area contributed by atoms with Crippen molar-refractivity contribution in [2.24, 2.45) is 0 Å². The monoisotopic (exact) mass is 357 g/mol. The lowest BCUT2D eigenvalue weighted by Gasteiger charge is -2.15. The first-order chi connectivity index (χ1) is 12.1. The summed E-state index contributed by atoms with van der Waals surface area (Å²) in [5, 5.41) is 14.4. The van der Waals surface area contributed by atoms with E-state index in [4.69, 9.17) is 11.6 Å². The number of nitrogens with one attached hydrogen (secondary N) is 1. The maximum absolute atomic E-state index is 13.3. The first-order valence-corrected chi connectivity index (χ1v) is 8.70. The van der Waals surface area contributed by atoms with Crippen LogP contribution < -0.4 is 5.32 Å².